The highest BCUT2D eigenvalue weighted by molar-refractivity contribution is 6.36. The maximum absolute atomic E-state index is 12.0. The summed E-state index contributed by atoms with van der Waals surface area (Å²) in [5, 5.41) is 7.35. The minimum atomic E-state index is -0.448. The van der Waals surface area contributed by atoms with E-state index >= 15 is 0 Å². The third-order valence-electron chi connectivity index (χ3n) is 2.87. The van der Waals surface area contributed by atoms with Gasteiger partial charge in [0.2, 0.25) is 5.91 Å². The molecule has 0 unspecified atom stereocenters. The highest BCUT2D eigenvalue weighted by atomic mass is 35.5. The molecule has 2 aromatic rings. The van der Waals surface area contributed by atoms with E-state index in [1.54, 1.807) is 37.3 Å². The number of anilines is 1. The van der Waals surface area contributed by atoms with Gasteiger partial charge in [-0.1, -0.05) is 29.3 Å². The van der Waals surface area contributed by atoms with Crippen molar-refractivity contribution in [3.63, 3.8) is 0 Å². The zero-order valence-corrected chi connectivity index (χ0v) is 14.2. The van der Waals surface area contributed by atoms with Crippen LogP contribution in [-0.4, -0.2) is 22.5 Å². The Morgan fingerprint density at radius 2 is 2.00 bits per heavy atom. The van der Waals surface area contributed by atoms with E-state index in [-0.39, 0.29) is 18.0 Å². The topological polar surface area (TPSA) is 83.5 Å². The van der Waals surface area contributed by atoms with E-state index in [9.17, 15) is 9.59 Å². The minimum absolute atomic E-state index is 0.00144. The van der Waals surface area contributed by atoms with Gasteiger partial charge in [-0.05, 0) is 37.3 Å². The van der Waals surface area contributed by atoms with E-state index in [0.29, 0.717) is 21.4 Å². The molecule has 0 saturated carbocycles. The number of nitrogens with zero attached hydrogens (tertiary/aromatic N) is 2. The summed E-state index contributed by atoms with van der Waals surface area (Å²) in [5.74, 6) is -0.760. The minimum Gasteiger partial charge on any atom is -0.324 e. The fourth-order valence-electron chi connectivity index (χ4n) is 1.76. The first-order valence-corrected chi connectivity index (χ1v) is 7.70. The number of halogens is 2. The molecule has 8 heteroatoms. The van der Waals surface area contributed by atoms with Gasteiger partial charge in [-0.2, -0.15) is 5.10 Å². The Balaban J connectivity index is 1.90. The van der Waals surface area contributed by atoms with Gasteiger partial charge in [-0.25, -0.2) is 5.43 Å². The Morgan fingerprint density at radius 3 is 2.67 bits per heavy atom. The van der Waals surface area contributed by atoms with Crippen LogP contribution >= 0.6 is 23.2 Å². The number of hydrogen-bond acceptors (Lipinski definition) is 4. The lowest BCUT2D eigenvalue weighted by Gasteiger charge is -2.07. The summed E-state index contributed by atoms with van der Waals surface area (Å²) >= 11 is 11.8. The van der Waals surface area contributed by atoms with Crippen LogP contribution in [0.1, 0.15) is 23.8 Å². The molecule has 0 aliphatic rings. The average Bonchev–Trinajstić information content (AvgIpc) is 2.56. The van der Waals surface area contributed by atoms with Crippen LogP contribution in [0.3, 0.4) is 0 Å². The number of rotatable bonds is 5. The van der Waals surface area contributed by atoms with E-state index in [4.69, 9.17) is 23.2 Å². The van der Waals surface area contributed by atoms with E-state index in [2.05, 4.69) is 20.8 Å². The lowest BCUT2D eigenvalue weighted by Crippen LogP contribution is -2.22. The molecule has 0 spiro atoms. The average molecular weight is 365 g/mol. The number of pyridine rings is 1. The number of hydrogen-bond donors (Lipinski definition) is 2. The van der Waals surface area contributed by atoms with Crippen LogP contribution < -0.4 is 10.7 Å². The predicted molar refractivity (Wildman–Crippen MR) is 94.5 cm³/mol. The molecule has 1 aromatic heterocycles. The van der Waals surface area contributed by atoms with Gasteiger partial charge >= 0.3 is 0 Å². The van der Waals surface area contributed by atoms with Crippen molar-refractivity contribution >= 4 is 46.4 Å². The lowest BCUT2D eigenvalue weighted by molar-refractivity contribution is -0.115. The van der Waals surface area contributed by atoms with Gasteiger partial charge < -0.3 is 5.32 Å². The number of benzene rings is 1. The highest BCUT2D eigenvalue weighted by Gasteiger charge is 2.09. The molecule has 2 amide bonds. The Hall–Kier alpha value is -2.44. The van der Waals surface area contributed by atoms with Crippen molar-refractivity contribution in [1.82, 2.24) is 10.4 Å². The molecular formula is C16H14Cl2N4O2. The van der Waals surface area contributed by atoms with E-state index < -0.39 is 5.91 Å². The van der Waals surface area contributed by atoms with E-state index in [1.165, 1.54) is 12.3 Å². The fraction of sp³-hybridized carbons (Fsp3) is 0.125. The number of hydrazone groups is 1. The second kappa shape index (κ2) is 8.42. The number of carbonyl (C=O) groups excluding carboxylic acids is 2. The zero-order chi connectivity index (χ0) is 17.5. The first kappa shape index (κ1) is 17.9. The van der Waals surface area contributed by atoms with Gasteiger partial charge in [0.25, 0.3) is 5.91 Å². The SMILES string of the molecule is C/C(CC(=O)Nc1ccc(Cl)cc1Cl)=N/NC(=O)c1ccccn1. The molecule has 0 saturated heterocycles. The molecular weight excluding hydrogens is 351 g/mol. The third kappa shape index (κ3) is 5.33. The van der Waals surface area contributed by atoms with Gasteiger partial charge in [0, 0.05) is 16.9 Å². The summed E-state index contributed by atoms with van der Waals surface area (Å²) in [7, 11) is 0. The lowest BCUT2D eigenvalue weighted by atomic mass is 10.2. The molecule has 6 nitrogen and oxygen atoms in total. The monoisotopic (exact) mass is 364 g/mol. The van der Waals surface area contributed by atoms with E-state index in [0.717, 1.165) is 0 Å². The van der Waals surface area contributed by atoms with Gasteiger partial charge in [-0.15, -0.1) is 0 Å². The number of amides is 2. The standard InChI is InChI=1S/C16H14Cl2N4O2/c1-10(21-22-16(24)14-4-2-3-7-19-14)8-15(23)20-13-6-5-11(17)9-12(13)18/h2-7,9H,8H2,1H3,(H,20,23)(H,22,24)/b21-10-. The van der Waals surface area contributed by atoms with Gasteiger partial charge in [-0.3, -0.25) is 14.6 Å². The molecule has 2 rings (SSSR count). The molecule has 2 N–H and O–H groups in total. The summed E-state index contributed by atoms with van der Waals surface area (Å²) in [6, 6.07) is 9.73. The van der Waals surface area contributed by atoms with Crippen molar-refractivity contribution in [3.05, 3.63) is 58.3 Å². The summed E-state index contributed by atoms with van der Waals surface area (Å²) in [5.41, 5.74) is 3.48. The third-order valence-corrected chi connectivity index (χ3v) is 3.42. The highest BCUT2D eigenvalue weighted by Crippen LogP contribution is 2.25. The molecule has 1 heterocycles. The number of carbonyl (C=O) groups is 2. The molecule has 0 radical (unpaired) electrons. The van der Waals surface area contributed by atoms with E-state index in [1.807, 2.05) is 0 Å². The van der Waals surface area contributed by atoms with Crippen LogP contribution in [-0.2, 0) is 4.79 Å². The van der Waals surface area contributed by atoms with Gasteiger partial charge in [0.1, 0.15) is 5.69 Å². The summed E-state index contributed by atoms with van der Waals surface area (Å²) in [4.78, 5) is 27.7. The Labute approximate surface area is 148 Å². The van der Waals surface area contributed by atoms with Crippen molar-refractivity contribution in [1.29, 1.82) is 0 Å². The van der Waals surface area contributed by atoms with Crippen molar-refractivity contribution in [2.75, 3.05) is 5.32 Å². The van der Waals surface area contributed by atoms with Crippen LogP contribution in [0.4, 0.5) is 5.69 Å². The Morgan fingerprint density at radius 1 is 1.21 bits per heavy atom. The van der Waals surface area contributed by atoms with Crippen LogP contribution in [0.25, 0.3) is 0 Å². The largest absolute Gasteiger partial charge is 0.324 e. The van der Waals surface area contributed by atoms with Crippen LogP contribution in [0.15, 0.2) is 47.7 Å². The van der Waals surface area contributed by atoms with Crippen molar-refractivity contribution < 1.29 is 9.59 Å². The van der Waals surface area contributed by atoms with Crippen molar-refractivity contribution in [2.24, 2.45) is 5.10 Å². The second-order valence-corrected chi connectivity index (χ2v) is 5.70. The molecule has 0 aliphatic heterocycles. The second-order valence-electron chi connectivity index (χ2n) is 4.85. The maximum Gasteiger partial charge on any atom is 0.289 e. The summed E-state index contributed by atoms with van der Waals surface area (Å²) in [6.45, 7) is 1.63. The van der Waals surface area contributed by atoms with Crippen LogP contribution in [0, 0.1) is 0 Å². The fourth-order valence-corrected chi connectivity index (χ4v) is 2.21. The Bertz CT molecular complexity index is 779. The number of nitrogens with one attached hydrogen (secondary N) is 2. The summed E-state index contributed by atoms with van der Waals surface area (Å²) in [6.07, 6.45) is 1.51. The predicted octanol–water partition coefficient (Wildman–Crippen LogP) is 3.52. The maximum atomic E-state index is 12.0. The molecule has 1 aromatic carbocycles. The van der Waals surface area contributed by atoms with Gasteiger partial charge in [0.05, 0.1) is 17.1 Å². The van der Waals surface area contributed by atoms with Crippen LogP contribution in [0.2, 0.25) is 10.0 Å². The zero-order valence-electron chi connectivity index (χ0n) is 12.7. The molecule has 0 aliphatic carbocycles. The molecule has 0 atom stereocenters. The first-order chi connectivity index (χ1) is 11.5. The molecule has 124 valence electrons. The summed E-state index contributed by atoms with van der Waals surface area (Å²) < 4.78 is 0. The Kier molecular flexibility index (Phi) is 6.28. The van der Waals surface area contributed by atoms with Gasteiger partial charge in [0.15, 0.2) is 0 Å². The quantitative estimate of drug-likeness (QED) is 0.628. The molecule has 0 bridgehead atoms. The smallest absolute Gasteiger partial charge is 0.289 e. The van der Waals surface area contributed by atoms with Crippen molar-refractivity contribution in [3.8, 4) is 0 Å². The normalized spacial score (nSPS) is 11.0. The molecule has 24 heavy (non-hydrogen) atoms. The van der Waals surface area contributed by atoms with Crippen molar-refractivity contribution in [2.45, 2.75) is 13.3 Å². The molecule has 0 fully saturated rings. The number of aromatic nitrogens is 1. The first-order valence-electron chi connectivity index (χ1n) is 6.95. The van der Waals surface area contributed by atoms with Crippen LogP contribution in [0.5, 0.6) is 0 Å².